The van der Waals surface area contributed by atoms with E-state index in [1.54, 1.807) is 24.8 Å². The van der Waals surface area contributed by atoms with Crippen LogP contribution in [0.4, 0.5) is 0 Å². The molecule has 2 aromatic rings. The van der Waals surface area contributed by atoms with Gasteiger partial charge in [0, 0.05) is 25.3 Å². The number of carbonyl (C=O) groups is 2. The second kappa shape index (κ2) is 6.05. The van der Waals surface area contributed by atoms with Crippen LogP contribution in [-0.2, 0) is 4.79 Å². The fourth-order valence-electron chi connectivity index (χ4n) is 4.17. The molecule has 2 N–H and O–H groups in total. The third kappa shape index (κ3) is 2.47. The number of aryl methyl sites for hydroxylation is 2. The average molecular weight is 358 g/mol. The summed E-state index contributed by atoms with van der Waals surface area (Å²) in [6.45, 7) is 4.80. The molecule has 8 heteroatoms. The van der Waals surface area contributed by atoms with E-state index in [0.717, 1.165) is 6.42 Å². The maximum absolute atomic E-state index is 13.3. The van der Waals surface area contributed by atoms with Crippen LogP contribution in [-0.4, -0.2) is 57.7 Å². The fraction of sp³-hybridized carbons (Fsp3) is 0.556. The Morgan fingerprint density at radius 1 is 1.46 bits per heavy atom. The zero-order valence-corrected chi connectivity index (χ0v) is 14.9. The highest BCUT2D eigenvalue weighted by atomic mass is 16.5. The highest BCUT2D eigenvalue weighted by Crippen LogP contribution is 2.38. The molecule has 2 amide bonds. The normalized spacial score (nSPS) is 26.3. The Hall–Kier alpha value is -2.48. The highest BCUT2D eigenvalue weighted by molar-refractivity contribution is 6.06. The second-order valence-corrected chi connectivity index (χ2v) is 7.31. The van der Waals surface area contributed by atoms with Crippen LogP contribution in [0.5, 0.6) is 0 Å². The minimum Gasteiger partial charge on any atom is -0.392 e. The van der Waals surface area contributed by atoms with Crippen LogP contribution in [0.25, 0.3) is 11.1 Å². The van der Waals surface area contributed by atoms with Crippen LogP contribution in [0.2, 0.25) is 0 Å². The Balaban J connectivity index is 1.71. The molecule has 4 rings (SSSR count). The smallest absolute Gasteiger partial charge is 0.258 e. The van der Waals surface area contributed by atoms with E-state index in [0.29, 0.717) is 54.0 Å². The number of amides is 2. The topological polar surface area (TPSA) is 109 Å². The first-order chi connectivity index (χ1) is 12.4. The molecule has 0 saturated carbocycles. The molecule has 1 spiro atoms. The number of carbonyl (C=O) groups excluding carboxylic acids is 2. The third-order valence-corrected chi connectivity index (χ3v) is 5.58. The molecular formula is C18H22N4O4. The third-order valence-electron chi connectivity index (χ3n) is 5.58. The van der Waals surface area contributed by atoms with Crippen molar-refractivity contribution in [1.82, 2.24) is 20.4 Å². The van der Waals surface area contributed by atoms with E-state index in [9.17, 15) is 14.7 Å². The summed E-state index contributed by atoms with van der Waals surface area (Å²) in [6, 6.07) is 1.73. The predicted octanol–water partition coefficient (Wildman–Crippen LogP) is 0.943. The Morgan fingerprint density at radius 3 is 3.04 bits per heavy atom. The molecule has 2 fully saturated rings. The van der Waals surface area contributed by atoms with Gasteiger partial charge in [-0.3, -0.25) is 9.59 Å². The van der Waals surface area contributed by atoms with Gasteiger partial charge in [-0.1, -0.05) is 5.16 Å². The first kappa shape index (κ1) is 17.0. The minimum atomic E-state index is -0.920. The first-order valence-corrected chi connectivity index (χ1v) is 8.91. The number of hydrogen-bond donors (Lipinski definition) is 2. The molecule has 0 unspecified atom stereocenters. The van der Waals surface area contributed by atoms with Crippen molar-refractivity contribution in [3.05, 3.63) is 23.0 Å². The summed E-state index contributed by atoms with van der Waals surface area (Å²) in [7, 11) is 0. The molecule has 2 aromatic heterocycles. The summed E-state index contributed by atoms with van der Waals surface area (Å²) in [5.41, 5.74) is 1.18. The SMILES string of the molecule is Cc1cc(C(=O)N2CC[C@H](O)[C@@]3(CCCNC3=O)C2)c2c(C)noc2n1. The van der Waals surface area contributed by atoms with Crippen LogP contribution >= 0.6 is 0 Å². The van der Waals surface area contributed by atoms with Crippen LogP contribution in [0.1, 0.15) is 41.0 Å². The van der Waals surface area contributed by atoms with Crippen molar-refractivity contribution in [2.24, 2.45) is 5.41 Å². The molecule has 8 nitrogen and oxygen atoms in total. The van der Waals surface area contributed by atoms with Crippen molar-refractivity contribution >= 4 is 22.9 Å². The van der Waals surface area contributed by atoms with Crippen LogP contribution in [0.3, 0.4) is 0 Å². The molecule has 2 aliphatic heterocycles. The molecule has 0 radical (unpaired) electrons. The van der Waals surface area contributed by atoms with E-state index in [4.69, 9.17) is 4.52 Å². The number of likely N-dealkylation sites (tertiary alicyclic amines) is 1. The van der Waals surface area contributed by atoms with Gasteiger partial charge in [-0.25, -0.2) is 4.98 Å². The van der Waals surface area contributed by atoms with Crippen LogP contribution < -0.4 is 5.32 Å². The number of hydrogen-bond acceptors (Lipinski definition) is 6. The van der Waals surface area contributed by atoms with Gasteiger partial charge in [-0.15, -0.1) is 0 Å². The van der Waals surface area contributed by atoms with Crippen molar-refractivity contribution < 1.29 is 19.2 Å². The Labute approximate surface area is 150 Å². The summed E-state index contributed by atoms with van der Waals surface area (Å²) >= 11 is 0. The Bertz CT molecular complexity index is 893. The fourth-order valence-corrected chi connectivity index (χ4v) is 4.17. The summed E-state index contributed by atoms with van der Waals surface area (Å²) in [4.78, 5) is 31.7. The number of nitrogens with zero attached hydrogens (tertiary/aromatic N) is 3. The molecular weight excluding hydrogens is 336 g/mol. The van der Waals surface area contributed by atoms with Gasteiger partial charge in [0.25, 0.3) is 11.6 Å². The van der Waals surface area contributed by atoms with E-state index in [1.807, 2.05) is 0 Å². The van der Waals surface area contributed by atoms with Gasteiger partial charge in [0.15, 0.2) is 0 Å². The van der Waals surface area contributed by atoms with Crippen LogP contribution in [0, 0.1) is 19.3 Å². The molecule has 2 aliphatic rings. The number of aromatic nitrogens is 2. The molecule has 0 aliphatic carbocycles. The molecule has 0 bridgehead atoms. The lowest BCUT2D eigenvalue weighted by molar-refractivity contribution is -0.147. The van der Waals surface area contributed by atoms with Gasteiger partial charge in [0.1, 0.15) is 0 Å². The van der Waals surface area contributed by atoms with Crippen LogP contribution in [0.15, 0.2) is 10.6 Å². The molecule has 138 valence electrons. The maximum Gasteiger partial charge on any atom is 0.258 e. The van der Waals surface area contributed by atoms with Crippen molar-refractivity contribution in [2.75, 3.05) is 19.6 Å². The lowest BCUT2D eigenvalue weighted by Crippen LogP contribution is -2.62. The molecule has 0 aromatic carbocycles. The van der Waals surface area contributed by atoms with E-state index < -0.39 is 11.5 Å². The number of piperidine rings is 2. The molecule has 2 atom stereocenters. The van der Waals surface area contributed by atoms with Gasteiger partial charge in [0.2, 0.25) is 5.91 Å². The zero-order valence-electron chi connectivity index (χ0n) is 14.9. The number of pyridine rings is 1. The van der Waals surface area contributed by atoms with Crippen molar-refractivity contribution in [3.8, 4) is 0 Å². The monoisotopic (exact) mass is 358 g/mol. The second-order valence-electron chi connectivity index (χ2n) is 7.31. The molecule has 26 heavy (non-hydrogen) atoms. The standard InChI is InChI=1S/C18H22N4O4/c1-10-8-12(14-11(2)21-26-15(14)20-10)16(24)22-7-4-13(23)18(9-22)5-3-6-19-17(18)25/h8,13,23H,3-7,9H2,1-2H3,(H,19,25)/t13-,18+/m0/s1. The van der Waals surface area contributed by atoms with Crippen molar-refractivity contribution in [1.29, 1.82) is 0 Å². The number of fused-ring (bicyclic) bond motifs is 1. The van der Waals surface area contributed by atoms with Crippen molar-refractivity contribution in [2.45, 2.75) is 39.2 Å². The maximum atomic E-state index is 13.3. The van der Waals surface area contributed by atoms with E-state index >= 15 is 0 Å². The van der Waals surface area contributed by atoms with Crippen molar-refractivity contribution in [3.63, 3.8) is 0 Å². The van der Waals surface area contributed by atoms with Gasteiger partial charge >= 0.3 is 0 Å². The summed E-state index contributed by atoms with van der Waals surface area (Å²) < 4.78 is 5.22. The Morgan fingerprint density at radius 2 is 2.27 bits per heavy atom. The van der Waals surface area contributed by atoms with Gasteiger partial charge < -0.3 is 19.8 Å². The van der Waals surface area contributed by atoms with E-state index in [1.165, 1.54) is 0 Å². The lowest BCUT2D eigenvalue weighted by atomic mass is 9.71. The molecule has 4 heterocycles. The van der Waals surface area contributed by atoms with Gasteiger partial charge in [-0.05, 0) is 39.2 Å². The van der Waals surface area contributed by atoms with E-state index in [2.05, 4.69) is 15.5 Å². The average Bonchev–Trinajstić information content (AvgIpc) is 2.99. The summed E-state index contributed by atoms with van der Waals surface area (Å²) in [5, 5.41) is 17.9. The molecule has 2 saturated heterocycles. The largest absolute Gasteiger partial charge is 0.392 e. The predicted molar refractivity (Wildman–Crippen MR) is 92.5 cm³/mol. The number of nitrogens with one attached hydrogen (secondary N) is 1. The first-order valence-electron chi connectivity index (χ1n) is 8.91. The number of rotatable bonds is 1. The minimum absolute atomic E-state index is 0.161. The summed E-state index contributed by atoms with van der Waals surface area (Å²) in [6.07, 6.45) is 1.03. The summed E-state index contributed by atoms with van der Waals surface area (Å²) in [5.74, 6) is -0.345. The van der Waals surface area contributed by atoms with Gasteiger partial charge in [-0.2, -0.15) is 0 Å². The number of aliphatic hydroxyl groups is 1. The Kier molecular flexibility index (Phi) is 3.95. The lowest BCUT2D eigenvalue weighted by Gasteiger charge is -2.46. The zero-order chi connectivity index (χ0) is 18.5. The van der Waals surface area contributed by atoms with Gasteiger partial charge in [0.05, 0.1) is 28.2 Å². The number of aliphatic hydroxyl groups excluding tert-OH is 1. The quantitative estimate of drug-likeness (QED) is 0.785. The highest BCUT2D eigenvalue weighted by Gasteiger charge is 2.50. The van der Waals surface area contributed by atoms with E-state index in [-0.39, 0.29) is 18.4 Å².